The van der Waals surface area contributed by atoms with E-state index in [-0.39, 0.29) is 6.42 Å². The van der Waals surface area contributed by atoms with Crippen LogP contribution in [-0.2, 0) is 28.7 Å². The fourth-order valence-corrected chi connectivity index (χ4v) is 1.50. The molecule has 0 aromatic rings. The maximum atomic E-state index is 10.9. The van der Waals surface area contributed by atoms with Crippen molar-refractivity contribution in [3.8, 4) is 0 Å². The molecular weight excluding hydrogens is 336 g/mol. The van der Waals surface area contributed by atoms with Gasteiger partial charge in [-0.15, -0.1) is 0 Å². The second kappa shape index (κ2) is 9.77. The van der Waals surface area contributed by atoms with Gasteiger partial charge in [0, 0.05) is 0 Å². The molecule has 0 aliphatic rings. The monoisotopic (exact) mass is 354 g/mol. The van der Waals surface area contributed by atoms with Crippen LogP contribution < -0.4 is 0 Å². The fourth-order valence-electron chi connectivity index (χ4n) is 1.50. The Morgan fingerprint density at radius 2 is 1.21 bits per heavy atom. The molecule has 0 bridgehead atoms. The minimum Gasteiger partial charge on any atom is -0.479 e. The highest BCUT2D eigenvalue weighted by molar-refractivity contribution is 5.84. The highest BCUT2D eigenvalue weighted by atomic mass is 16.6. The topological polar surface area (TPSA) is 208 Å². The van der Waals surface area contributed by atoms with E-state index >= 15 is 0 Å². The van der Waals surface area contributed by atoms with Crippen LogP contribution in [0.15, 0.2) is 0 Å². The molecule has 5 atom stereocenters. The van der Waals surface area contributed by atoms with E-state index in [0.717, 1.165) is 0 Å². The lowest BCUT2D eigenvalue weighted by Crippen LogP contribution is -2.46. The van der Waals surface area contributed by atoms with Crippen molar-refractivity contribution >= 4 is 23.9 Å². The smallest absolute Gasteiger partial charge is 0.336 e. The Labute approximate surface area is 134 Å². The van der Waals surface area contributed by atoms with Crippen LogP contribution in [0.25, 0.3) is 0 Å². The molecule has 0 aliphatic carbocycles. The third-order valence-electron chi connectivity index (χ3n) is 2.82. The molecule has 0 amide bonds. The first-order valence-electron chi connectivity index (χ1n) is 6.57. The molecule has 0 saturated carbocycles. The number of hydrogen-bond donors (Lipinski definition) is 6. The fraction of sp³-hybridized carbons (Fsp3) is 0.667. The van der Waals surface area contributed by atoms with Crippen LogP contribution in [0.1, 0.15) is 13.3 Å². The average Bonchev–Trinajstić information content (AvgIpc) is 2.48. The van der Waals surface area contributed by atoms with E-state index in [4.69, 9.17) is 29.9 Å². The number of carbonyl (C=O) groups is 4. The third kappa shape index (κ3) is 6.45. The second-order valence-electron chi connectivity index (χ2n) is 4.58. The molecule has 0 aromatic carbocycles. The Balaban J connectivity index is 4.96. The van der Waals surface area contributed by atoms with Gasteiger partial charge in [-0.3, -0.25) is 0 Å². The molecule has 0 spiro atoms. The Morgan fingerprint density at radius 3 is 1.54 bits per heavy atom. The van der Waals surface area contributed by atoms with Gasteiger partial charge in [-0.2, -0.15) is 0 Å². The van der Waals surface area contributed by atoms with E-state index in [1.54, 1.807) is 0 Å². The number of carboxylic acids is 4. The average molecular weight is 354 g/mol. The van der Waals surface area contributed by atoms with Crippen LogP contribution in [0.5, 0.6) is 0 Å². The summed E-state index contributed by atoms with van der Waals surface area (Å²) in [7, 11) is 0. The van der Waals surface area contributed by atoms with Gasteiger partial charge in [0.25, 0.3) is 0 Å². The summed E-state index contributed by atoms with van der Waals surface area (Å²) in [5.41, 5.74) is 0. The highest BCUT2D eigenvalue weighted by Gasteiger charge is 2.37. The number of aliphatic hydroxyl groups excluding tert-OH is 2. The minimum atomic E-state index is -2.38. The Morgan fingerprint density at radius 1 is 0.792 bits per heavy atom. The molecule has 0 aliphatic heterocycles. The SMILES string of the molecule is CCC(COC(C(=O)O)C(O)C(=O)O)OC(C(=O)O)C(O)C(=O)O. The predicted molar refractivity (Wildman–Crippen MR) is 71.2 cm³/mol. The zero-order valence-corrected chi connectivity index (χ0v) is 12.4. The van der Waals surface area contributed by atoms with Crippen molar-refractivity contribution in [1.82, 2.24) is 0 Å². The summed E-state index contributed by atoms with van der Waals surface area (Å²) < 4.78 is 9.60. The molecule has 12 heteroatoms. The lowest BCUT2D eigenvalue weighted by molar-refractivity contribution is -0.186. The van der Waals surface area contributed by atoms with Crippen molar-refractivity contribution in [2.45, 2.75) is 43.9 Å². The Bertz CT molecular complexity index is 475. The molecule has 6 N–H and O–H groups in total. The quantitative estimate of drug-likeness (QED) is 0.217. The minimum absolute atomic E-state index is 0.0195. The Kier molecular flexibility index (Phi) is 8.84. The maximum Gasteiger partial charge on any atom is 0.336 e. The molecule has 12 nitrogen and oxygen atoms in total. The van der Waals surface area contributed by atoms with Gasteiger partial charge < -0.3 is 40.1 Å². The summed E-state index contributed by atoms with van der Waals surface area (Å²) in [6.07, 6.45) is -10.2. The van der Waals surface area contributed by atoms with E-state index < -0.39 is 61.0 Å². The normalized spacial score (nSPS) is 17.3. The van der Waals surface area contributed by atoms with Gasteiger partial charge in [-0.25, -0.2) is 19.2 Å². The van der Waals surface area contributed by atoms with Crippen molar-refractivity contribution in [3.63, 3.8) is 0 Å². The third-order valence-corrected chi connectivity index (χ3v) is 2.82. The van der Waals surface area contributed by atoms with Gasteiger partial charge in [0.1, 0.15) is 0 Å². The van der Waals surface area contributed by atoms with E-state index in [9.17, 15) is 29.4 Å². The number of hydrogen-bond acceptors (Lipinski definition) is 8. The highest BCUT2D eigenvalue weighted by Crippen LogP contribution is 2.11. The first kappa shape index (κ1) is 21.7. The summed E-state index contributed by atoms with van der Waals surface area (Å²) in [5.74, 6) is -7.24. The second-order valence-corrected chi connectivity index (χ2v) is 4.58. The van der Waals surface area contributed by atoms with Crippen molar-refractivity contribution in [3.05, 3.63) is 0 Å². The van der Waals surface area contributed by atoms with Crippen molar-refractivity contribution in [2.24, 2.45) is 0 Å². The van der Waals surface area contributed by atoms with Crippen LogP contribution in [0, 0.1) is 0 Å². The van der Waals surface area contributed by atoms with E-state index in [1.165, 1.54) is 6.92 Å². The van der Waals surface area contributed by atoms with Crippen LogP contribution in [0.2, 0.25) is 0 Å². The van der Waals surface area contributed by atoms with Gasteiger partial charge in [-0.05, 0) is 6.42 Å². The van der Waals surface area contributed by atoms with Gasteiger partial charge >= 0.3 is 23.9 Å². The number of carboxylic acid groups (broad SMARTS) is 4. The Hall–Kier alpha value is -2.28. The molecule has 0 heterocycles. The van der Waals surface area contributed by atoms with Crippen LogP contribution in [0.3, 0.4) is 0 Å². The van der Waals surface area contributed by atoms with Crippen LogP contribution in [0.4, 0.5) is 0 Å². The van der Waals surface area contributed by atoms with Gasteiger partial charge in [-0.1, -0.05) is 6.92 Å². The van der Waals surface area contributed by atoms with Crippen molar-refractivity contribution in [1.29, 1.82) is 0 Å². The molecule has 0 rings (SSSR count). The standard InChI is InChI=1S/C12H18O12/c1-2-4(24-8(12(21)22)6(14)10(17)18)3-23-7(11(19)20)5(13)9(15)16/h4-8,13-14H,2-3H2,1H3,(H,15,16)(H,17,18)(H,19,20)(H,21,22). The lowest BCUT2D eigenvalue weighted by atomic mass is 10.2. The molecule has 138 valence electrons. The lowest BCUT2D eigenvalue weighted by Gasteiger charge is -2.25. The van der Waals surface area contributed by atoms with Crippen molar-refractivity contribution in [2.75, 3.05) is 6.61 Å². The zero-order chi connectivity index (χ0) is 19.0. The van der Waals surface area contributed by atoms with Gasteiger partial charge in [0.15, 0.2) is 24.4 Å². The summed E-state index contributed by atoms with van der Waals surface area (Å²) in [6, 6.07) is 0. The molecule has 0 radical (unpaired) electrons. The van der Waals surface area contributed by atoms with Gasteiger partial charge in [0.2, 0.25) is 0 Å². The summed E-state index contributed by atoms with van der Waals surface area (Å²) in [4.78, 5) is 43.0. The molecule has 5 unspecified atom stereocenters. The number of rotatable bonds is 12. The van der Waals surface area contributed by atoms with Crippen LogP contribution in [-0.4, -0.2) is 91.6 Å². The molecular formula is C12H18O12. The number of aliphatic carboxylic acids is 4. The van der Waals surface area contributed by atoms with Crippen LogP contribution >= 0.6 is 0 Å². The molecule has 0 fully saturated rings. The zero-order valence-electron chi connectivity index (χ0n) is 12.4. The first-order valence-corrected chi connectivity index (χ1v) is 6.57. The molecule has 0 saturated heterocycles. The van der Waals surface area contributed by atoms with E-state index in [2.05, 4.69) is 0 Å². The molecule has 0 aromatic heterocycles. The maximum absolute atomic E-state index is 10.9. The van der Waals surface area contributed by atoms with E-state index in [0.29, 0.717) is 0 Å². The predicted octanol–water partition coefficient (Wildman–Crippen LogP) is -2.40. The summed E-state index contributed by atoms with van der Waals surface area (Å²) in [5, 5.41) is 53.3. The van der Waals surface area contributed by atoms with Crippen molar-refractivity contribution < 1.29 is 59.3 Å². The summed E-state index contributed by atoms with van der Waals surface area (Å²) in [6.45, 7) is 0.803. The number of aliphatic hydroxyl groups is 2. The largest absolute Gasteiger partial charge is 0.479 e. The molecule has 24 heavy (non-hydrogen) atoms. The summed E-state index contributed by atoms with van der Waals surface area (Å²) >= 11 is 0. The number of ether oxygens (including phenoxy) is 2. The van der Waals surface area contributed by atoms with E-state index in [1.807, 2.05) is 0 Å². The first-order chi connectivity index (χ1) is 11.0. The van der Waals surface area contributed by atoms with Gasteiger partial charge in [0.05, 0.1) is 12.7 Å².